The van der Waals surface area contributed by atoms with Crippen LogP contribution in [0.3, 0.4) is 0 Å². The minimum Gasteiger partial charge on any atom is -0.324 e. The maximum Gasteiger partial charge on any atom is 0.238 e. The summed E-state index contributed by atoms with van der Waals surface area (Å²) in [5.74, 6) is 0.148. The molecule has 6 nitrogen and oxygen atoms in total. The Bertz CT molecular complexity index is 981. The van der Waals surface area contributed by atoms with Crippen LogP contribution in [0.5, 0.6) is 0 Å². The van der Waals surface area contributed by atoms with Crippen LogP contribution in [0.2, 0.25) is 0 Å². The number of rotatable bonds is 8. The van der Waals surface area contributed by atoms with Gasteiger partial charge in [0.1, 0.15) is 0 Å². The molecule has 2 aliphatic heterocycles. The lowest BCUT2D eigenvalue weighted by Crippen LogP contribution is -2.37. The Morgan fingerprint density at radius 2 is 0.919 bits per heavy atom. The first-order chi connectivity index (χ1) is 17.8. The summed E-state index contributed by atoms with van der Waals surface area (Å²) in [6.45, 7) is 13.3. The maximum atomic E-state index is 12.7. The molecule has 6 heteroatoms. The van der Waals surface area contributed by atoms with Gasteiger partial charge in [-0.2, -0.15) is 0 Å². The van der Waals surface area contributed by atoms with Crippen molar-refractivity contribution in [1.82, 2.24) is 9.80 Å². The quantitative estimate of drug-likeness (QED) is 0.508. The van der Waals surface area contributed by atoms with Crippen molar-refractivity contribution in [3.8, 4) is 0 Å². The van der Waals surface area contributed by atoms with Gasteiger partial charge in [0, 0.05) is 11.4 Å². The maximum absolute atomic E-state index is 12.7. The lowest BCUT2D eigenvalue weighted by Gasteiger charge is -2.26. The van der Waals surface area contributed by atoms with E-state index in [1.807, 2.05) is 0 Å². The number of benzene rings is 2. The Morgan fingerprint density at radius 3 is 1.24 bits per heavy atom. The normalized spacial score (nSPS) is 17.0. The van der Waals surface area contributed by atoms with Crippen LogP contribution in [0, 0.1) is 27.7 Å². The lowest BCUT2D eigenvalue weighted by molar-refractivity contribution is -0.118. The number of nitrogens with zero attached hydrogens (tertiary/aromatic N) is 2. The van der Waals surface area contributed by atoms with Gasteiger partial charge in [0.05, 0.1) is 13.1 Å². The molecule has 0 unspecified atom stereocenters. The van der Waals surface area contributed by atoms with Crippen LogP contribution in [-0.4, -0.2) is 60.9 Å². The zero-order valence-electron chi connectivity index (χ0n) is 23.2. The summed E-state index contributed by atoms with van der Waals surface area (Å²) in [7, 11) is 0. The molecular weight excluding hydrogens is 460 g/mol. The third-order valence-electron chi connectivity index (χ3n) is 7.75. The van der Waals surface area contributed by atoms with Crippen molar-refractivity contribution in [3.05, 3.63) is 57.6 Å². The summed E-state index contributed by atoms with van der Waals surface area (Å²) >= 11 is 0. The molecule has 0 aliphatic carbocycles. The molecular formula is C31H44N4O2. The van der Waals surface area contributed by atoms with Gasteiger partial charge >= 0.3 is 0 Å². The van der Waals surface area contributed by atoms with Gasteiger partial charge in [-0.05, 0) is 119 Å². The van der Waals surface area contributed by atoms with E-state index < -0.39 is 0 Å². The van der Waals surface area contributed by atoms with Crippen molar-refractivity contribution >= 4 is 23.2 Å². The molecule has 0 saturated carbocycles. The number of carbonyl (C=O) groups excluding carboxylic acids is 2. The largest absolute Gasteiger partial charge is 0.324 e. The van der Waals surface area contributed by atoms with Crippen molar-refractivity contribution < 1.29 is 9.59 Å². The van der Waals surface area contributed by atoms with Crippen LogP contribution in [0.15, 0.2) is 24.3 Å². The number of hydrogen-bond acceptors (Lipinski definition) is 4. The van der Waals surface area contributed by atoms with Crippen LogP contribution < -0.4 is 10.6 Å². The Kier molecular flexibility index (Phi) is 9.38. The summed E-state index contributed by atoms with van der Waals surface area (Å²) < 4.78 is 0. The molecule has 0 spiro atoms. The summed E-state index contributed by atoms with van der Waals surface area (Å²) in [4.78, 5) is 29.8. The van der Waals surface area contributed by atoms with Gasteiger partial charge < -0.3 is 10.6 Å². The topological polar surface area (TPSA) is 64.7 Å². The molecule has 0 atom stereocenters. The second-order valence-corrected chi connectivity index (χ2v) is 11.2. The van der Waals surface area contributed by atoms with E-state index in [-0.39, 0.29) is 11.8 Å². The van der Waals surface area contributed by atoms with E-state index in [4.69, 9.17) is 0 Å². The molecule has 2 aliphatic rings. The highest BCUT2D eigenvalue weighted by Gasteiger charge is 2.17. The minimum absolute atomic E-state index is 0.0741. The molecule has 0 radical (unpaired) electrons. The third kappa shape index (κ3) is 7.65. The average molecular weight is 505 g/mol. The van der Waals surface area contributed by atoms with Crippen molar-refractivity contribution in [1.29, 1.82) is 0 Å². The van der Waals surface area contributed by atoms with Gasteiger partial charge in [0.25, 0.3) is 0 Å². The molecule has 2 aromatic rings. The first-order valence-corrected chi connectivity index (χ1v) is 14.0. The second kappa shape index (κ2) is 12.7. The fourth-order valence-corrected chi connectivity index (χ4v) is 5.94. The van der Waals surface area contributed by atoms with E-state index in [2.05, 4.69) is 72.4 Å². The van der Waals surface area contributed by atoms with Gasteiger partial charge in [0.2, 0.25) is 11.8 Å². The van der Waals surface area contributed by atoms with Crippen molar-refractivity contribution in [2.24, 2.45) is 0 Å². The van der Waals surface area contributed by atoms with Gasteiger partial charge in [-0.15, -0.1) is 0 Å². The van der Waals surface area contributed by atoms with Crippen LogP contribution in [0.1, 0.15) is 71.9 Å². The minimum atomic E-state index is 0.0741. The molecule has 2 amide bonds. The zero-order chi connectivity index (χ0) is 26.4. The van der Waals surface area contributed by atoms with Crippen molar-refractivity contribution in [2.75, 3.05) is 49.9 Å². The number of anilines is 2. The summed E-state index contributed by atoms with van der Waals surface area (Å²) in [6, 6.07) is 8.73. The first kappa shape index (κ1) is 27.3. The fraction of sp³-hybridized carbons (Fsp3) is 0.548. The molecule has 2 fully saturated rings. The number of piperidine rings is 2. The van der Waals surface area contributed by atoms with Gasteiger partial charge in [0.15, 0.2) is 0 Å². The molecule has 2 heterocycles. The summed E-state index contributed by atoms with van der Waals surface area (Å²) in [5, 5.41) is 6.33. The number of hydrogen-bond donors (Lipinski definition) is 2. The number of nitrogens with one attached hydrogen (secondary N) is 2. The standard InChI is InChI=1S/C31H44N4O2/c1-22-15-26(16-23(2)30(22)32-28(36)20-34-11-7-5-8-12-34)19-27-17-24(3)31(25(4)18-27)33-29(37)21-35-13-9-6-10-14-35/h15-18H,5-14,19-21H2,1-4H3,(H,32,36)(H,33,37). The predicted molar refractivity (Wildman–Crippen MR) is 152 cm³/mol. The SMILES string of the molecule is Cc1cc(Cc2cc(C)c(NC(=O)CN3CCCCC3)c(C)c2)cc(C)c1NC(=O)CN1CCCCC1. The summed E-state index contributed by atoms with van der Waals surface area (Å²) in [6.07, 6.45) is 8.10. The molecule has 2 aromatic carbocycles. The number of aryl methyl sites for hydroxylation is 4. The van der Waals surface area contributed by atoms with E-state index in [1.165, 1.54) is 49.7 Å². The predicted octanol–water partition coefficient (Wildman–Crippen LogP) is 5.36. The second-order valence-electron chi connectivity index (χ2n) is 11.2. The molecule has 2 saturated heterocycles. The van der Waals surface area contributed by atoms with E-state index in [0.29, 0.717) is 13.1 Å². The van der Waals surface area contributed by atoms with Crippen LogP contribution in [0.4, 0.5) is 11.4 Å². The molecule has 37 heavy (non-hydrogen) atoms. The molecule has 200 valence electrons. The number of carbonyl (C=O) groups is 2. The highest BCUT2D eigenvalue weighted by atomic mass is 16.2. The Morgan fingerprint density at radius 1 is 0.595 bits per heavy atom. The van der Waals surface area contributed by atoms with E-state index >= 15 is 0 Å². The van der Waals surface area contributed by atoms with E-state index in [9.17, 15) is 9.59 Å². The Balaban J connectivity index is 1.38. The third-order valence-corrected chi connectivity index (χ3v) is 7.75. The Hall–Kier alpha value is -2.70. The zero-order valence-corrected chi connectivity index (χ0v) is 23.2. The smallest absolute Gasteiger partial charge is 0.238 e. The monoisotopic (exact) mass is 504 g/mol. The van der Waals surface area contributed by atoms with Gasteiger partial charge in [-0.25, -0.2) is 0 Å². The van der Waals surface area contributed by atoms with Gasteiger partial charge in [-0.3, -0.25) is 19.4 Å². The highest BCUT2D eigenvalue weighted by molar-refractivity contribution is 5.94. The molecule has 0 bridgehead atoms. The van der Waals surface area contributed by atoms with Crippen LogP contribution in [-0.2, 0) is 16.0 Å². The highest BCUT2D eigenvalue weighted by Crippen LogP contribution is 2.27. The van der Waals surface area contributed by atoms with E-state index in [1.54, 1.807) is 0 Å². The average Bonchev–Trinajstić information content (AvgIpc) is 2.85. The molecule has 4 rings (SSSR count). The number of likely N-dealkylation sites (tertiary alicyclic amines) is 2. The van der Waals surface area contributed by atoms with Crippen LogP contribution >= 0.6 is 0 Å². The first-order valence-electron chi connectivity index (χ1n) is 14.0. The van der Waals surface area contributed by atoms with Gasteiger partial charge in [-0.1, -0.05) is 37.1 Å². The molecule has 0 aromatic heterocycles. The Labute approximate surface area is 222 Å². The van der Waals surface area contributed by atoms with E-state index in [0.717, 1.165) is 66.2 Å². The van der Waals surface area contributed by atoms with Crippen molar-refractivity contribution in [3.63, 3.8) is 0 Å². The van der Waals surface area contributed by atoms with Crippen molar-refractivity contribution in [2.45, 2.75) is 72.6 Å². The fourth-order valence-electron chi connectivity index (χ4n) is 5.94. The number of amides is 2. The van der Waals surface area contributed by atoms with Crippen LogP contribution in [0.25, 0.3) is 0 Å². The molecule has 2 N–H and O–H groups in total. The lowest BCUT2D eigenvalue weighted by atomic mass is 9.96. The summed E-state index contributed by atoms with van der Waals surface area (Å²) in [5.41, 5.74) is 8.70.